The van der Waals surface area contributed by atoms with Gasteiger partial charge in [-0.05, 0) is 28.4 Å². The van der Waals surface area contributed by atoms with Crippen LogP contribution in [0.4, 0.5) is 10.2 Å². The molecule has 106 valence electrons. The molecule has 0 fully saturated rings. The molecule has 0 radical (unpaired) electrons. The Hall–Kier alpha value is -1.40. The highest BCUT2D eigenvalue weighted by Crippen LogP contribution is 2.35. The van der Waals surface area contributed by atoms with Crippen LogP contribution in [0.2, 0.25) is 5.02 Å². The fourth-order valence-electron chi connectivity index (χ4n) is 1.70. The normalized spacial score (nSPS) is 10.4. The van der Waals surface area contributed by atoms with Crippen molar-refractivity contribution in [1.82, 2.24) is 9.97 Å². The van der Waals surface area contributed by atoms with Gasteiger partial charge in [-0.2, -0.15) is 0 Å². The average molecular weight is 361 g/mol. The molecule has 1 aromatic carbocycles. The number of hydrogen-bond donors (Lipinski definition) is 1. The largest absolute Gasteiger partial charge is 0.437 e. The van der Waals surface area contributed by atoms with Crippen molar-refractivity contribution in [2.45, 2.75) is 13.3 Å². The zero-order valence-electron chi connectivity index (χ0n) is 10.9. The van der Waals surface area contributed by atoms with Gasteiger partial charge in [-0.15, -0.1) is 0 Å². The molecule has 0 bridgehead atoms. The van der Waals surface area contributed by atoms with Gasteiger partial charge in [0.05, 0.1) is 15.1 Å². The topological polar surface area (TPSA) is 47.0 Å². The minimum absolute atomic E-state index is 0.0264. The van der Waals surface area contributed by atoms with Crippen molar-refractivity contribution in [2.75, 3.05) is 12.4 Å². The molecule has 0 amide bonds. The summed E-state index contributed by atoms with van der Waals surface area (Å²) in [5.41, 5.74) is 0.817. The van der Waals surface area contributed by atoms with Crippen LogP contribution in [-0.2, 0) is 6.42 Å². The number of ether oxygens (including phenoxy) is 1. The second kappa shape index (κ2) is 6.37. The maximum Gasteiger partial charge on any atom is 0.227 e. The maximum atomic E-state index is 13.5. The van der Waals surface area contributed by atoms with E-state index in [1.807, 2.05) is 6.92 Å². The highest BCUT2D eigenvalue weighted by molar-refractivity contribution is 9.10. The van der Waals surface area contributed by atoms with Crippen molar-refractivity contribution < 1.29 is 9.13 Å². The van der Waals surface area contributed by atoms with Crippen LogP contribution >= 0.6 is 27.5 Å². The first-order valence-corrected chi connectivity index (χ1v) is 7.08. The van der Waals surface area contributed by atoms with Crippen molar-refractivity contribution in [3.8, 4) is 11.6 Å². The molecule has 0 aliphatic rings. The number of hydrogen-bond acceptors (Lipinski definition) is 4. The van der Waals surface area contributed by atoms with Crippen LogP contribution in [0, 0.1) is 5.82 Å². The highest BCUT2D eigenvalue weighted by atomic mass is 79.9. The molecule has 0 atom stereocenters. The third-order valence-electron chi connectivity index (χ3n) is 2.68. The van der Waals surface area contributed by atoms with Crippen molar-refractivity contribution in [2.24, 2.45) is 0 Å². The molecule has 20 heavy (non-hydrogen) atoms. The van der Waals surface area contributed by atoms with E-state index in [9.17, 15) is 4.39 Å². The van der Waals surface area contributed by atoms with Gasteiger partial charge in [-0.3, -0.25) is 0 Å². The van der Waals surface area contributed by atoms with Crippen molar-refractivity contribution in [3.05, 3.63) is 39.3 Å². The number of anilines is 1. The van der Waals surface area contributed by atoms with Crippen LogP contribution < -0.4 is 10.1 Å². The SMILES string of the molecule is CCc1c(NC)ncnc1Oc1cc(F)c(Cl)cc1Br. The van der Waals surface area contributed by atoms with Gasteiger partial charge >= 0.3 is 0 Å². The average Bonchev–Trinajstić information content (AvgIpc) is 2.44. The van der Waals surface area contributed by atoms with Crippen LogP contribution in [-0.4, -0.2) is 17.0 Å². The lowest BCUT2D eigenvalue weighted by Crippen LogP contribution is -2.02. The standard InChI is InChI=1S/C13H12BrClFN3O/c1-3-7-12(17-2)18-6-19-13(7)20-11-5-10(16)9(15)4-8(11)14/h4-6H,3H2,1-2H3,(H,17,18,19). The first-order valence-electron chi connectivity index (χ1n) is 5.90. The van der Waals surface area contributed by atoms with E-state index in [4.69, 9.17) is 16.3 Å². The van der Waals surface area contributed by atoms with Gasteiger partial charge in [0.15, 0.2) is 0 Å². The number of nitrogens with one attached hydrogen (secondary N) is 1. The molecule has 0 saturated carbocycles. The molecule has 0 aliphatic heterocycles. The third-order valence-corrected chi connectivity index (χ3v) is 3.59. The van der Waals surface area contributed by atoms with Crippen molar-refractivity contribution >= 4 is 33.3 Å². The molecule has 0 aliphatic carbocycles. The molecule has 2 rings (SSSR count). The van der Waals surface area contributed by atoms with Crippen LogP contribution in [0.25, 0.3) is 0 Å². The molecule has 0 unspecified atom stereocenters. The van der Waals surface area contributed by atoms with E-state index in [0.29, 0.717) is 28.3 Å². The van der Waals surface area contributed by atoms with E-state index in [-0.39, 0.29) is 5.02 Å². The summed E-state index contributed by atoms with van der Waals surface area (Å²) in [5.74, 6) is 0.825. The van der Waals surface area contributed by atoms with Crippen LogP contribution in [0.15, 0.2) is 22.9 Å². The van der Waals surface area contributed by atoms with E-state index in [0.717, 1.165) is 5.56 Å². The summed E-state index contributed by atoms with van der Waals surface area (Å²) in [7, 11) is 1.77. The van der Waals surface area contributed by atoms with E-state index >= 15 is 0 Å². The molecule has 0 saturated heterocycles. The summed E-state index contributed by atoms with van der Waals surface area (Å²) in [4.78, 5) is 8.21. The van der Waals surface area contributed by atoms with Gasteiger partial charge in [0, 0.05) is 13.1 Å². The van der Waals surface area contributed by atoms with Gasteiger partial charge in [-0.25, -0.2) is 14.4 Å². The highest BCUT2D eigenvalue weighted by Gasteiger charge is 2.14. The summed E-state index contributed by atoms with van der Waals surface area (Å²) in [6.07, 6.45) is 2.07. The summed E-state index contributed by atoms with van der Waals surface area (Å²) >= 11 is 8.98. The van der Waals surface area contributed by atoms with E-state index in [1.165, 1.54) is 18.5 Å². The third kappa shape index (κ3) is 3.02. The molecule has 1 heterocycles. The lowest BCUT2D eigenvalue weighted by atomic mass is 10.2. The molecule has 7 heteroatoms. The van der Waals surface area contributed by atoms with Crippen LogP contribution in [0.3, 0.4) is 0 Å². The minimum Gasteiger partial charge on any atom is -0.437 e. The zero-order chi connectivity index (χ0) is 14.7. The van der Waals surface area contributed by atoms with Gasteiger partial charge in [0.1, 0.15) is 23.7 Å². The van der Waals surface area contributed by atoms with Crippen molar-refractivity contribution in [1.29, 1.82) is 0 Å². The Morgan fingerprint density at radius 3 is 2.80 bits per heavy atom. The lowest BCUT2D eigenvalue weighted by Gasteiger charge is -2.13. The lowest BCUT2D eigenvalue weighted by molar-refractivity contribution is 0.448. The van der Waals surface area contributed by atoms with E-state index < -0.39 is 5.82 Å². The van der Waals surface area contributed by atoms with Gasteiger partial charge in [-0.1, -0.05) is 18.5 Å². The fraction of sp³-hybridized carbons (Fsp3) is 0.231. The molecule has 2 aromatic rings. The van der Waals surface area contributed by atoms with Crippen LogP contribution in [0.5, 0.6) is 11.6 Å². The Kier molecular flexibility index (Phi) is 4.77. The Morgan fingerprint density at radius 2 is 2.15 bits per heavy atom. The Morgan fingerprint density at radius 1 is 1.40 bits per heavy atom. The molecule has 0 spiro atoms. The zero-order valence-corrected chi connectivity index (χ0v) is 13.2. The van der Waals surface area contributed by atoms with Crippen molar-refractivity contribution in [3.63, 3.8) is 0 Å². The quantitative estimate of drug-likeness (QED) is 0.820. The Bertz CT molecular complexity index is 639. The Balaban J connectivity index is 2.42. The number of nitrogens with zero attached hydrogens (tertiary/aromatic N) is 2. The number of aromatic nitrogens is 2. The number of halogens is 3. The van der Waals surface area contributed by atoms with E-state index in [2.05, 4.69) is 31.2 Å². The second-order valence-corrected chi connectivity index (χ2v) is 5.17. The first-order chi connectivity index (χ1) is 9.56. The minimum atomic E-state index is -0.550. The van der Waals surface area contributed by atoms with Gasteiger partial charge in [0.25, 0.3) is 0 Å². The molecular formula is C13H12BrClFN3O. The molecule has 1 N–H and O–H groups in total. The predicted molar refractivity (Wildman–Crippen MR) is 80.1 cm³/mol. The molecule has 1 aromatic heterocycles. The summed E-state index contributed by atoms with van der Waals surface area (Å²) in [6, 6.07) is 2.66. The van der Waals surface area contributed by atoms with Gasteiger partial charge in [0.2, 0.25) is 5.88 Å². The van der Waals surface area contributed by atoms with Crippen LogP contribution in [0.1, 0.15) is 12.5 Å². The molecular weight excluding hydrogens is 349 g/mol. The Labute approximate surface area is 129 Å². The maximum absolute atomic E-state index is 13.5. The summed E-state index contributed by atoms with van der Waals surface area (Å²) in [6.45, 7) is 1.96. The smallest absolute Gasteiger partial charge is 0.227 e. The van der Waals surface area contributed by atoms with Gasteiger partial charge < -0.3 is 10.1 Å². The summed E-state index contributed by atoms with van der Waals surface area (Å²) < 4.78 is 19.7. The monoisotopic (exact) mass is 359 g/mol. The van der Waals surface area contributed by atoms with E-state index in [1.54, 1.807) is 7.05 Å². The predicted octanol–water partition coefficient (Wildman–Crippen LogP) is 4.43. The molecule has 4 nitrogen and oxygen atoms in total. The first kappa shape index (κ1) is 15.0. The number of benzene rings is 1. The number of rotatable bonds is 4. The summed E-state index contributed by atoms with van der Waals surface area (Å²) in [5, 5.41) is 3.00. The fourth-order valence-corrected chi connectivity index (χ4v) is 2.42. The second-order valence-electron chi connectivity index (χ2n) is 3.91.